The number of aromatic nitrogens is 4. The summed E-state index contributed by atoms with van der Waals surface area (Å²) < 4.78 is 0. The van der Waals surface area contributed by atoms with Crippen LogP contribution in [0.5, 0.6) is 0 Å². The summed E-state index contributed by atoms with van der Waals surface area (Å²) in [6.07, 6.45) is 3.38. The molecule has 6 heteroatoms. The van der Waals surface area contributed by atoms with Gasteiger partial charge in [0.2, 0.25) is 11.6 Å². The zero-order valence-corrected chi connectivity index (χ0v) is 17.4. The molecule has 6 rings (SSSR count). The van der Waals surface area contributed by atoms with Crippen molar-refractivity contribution in [2.24, 2.45) is 0 Å². The molecule has 0 atom stereocenters. The van der Waals surface area contributed by atoms with Gasteiger partial charge in [0.1, 0.15) is 11.4 Å². The molecule has 0 spiro atoms. The number of nitrogens with zero attached hydrogens (tertiary/aromatic N) is 1. The van der Waals surface area contributed by atoms with Crippen molar-refractivity contribution in [1.29, 1.82) is 0 Å². The molecule has 3 aromatic heterocycles. The number of rotatable bonds is 5. The highest BCUT2D eigenvalue weighted by Crippen LogP contribution is 2.28. The van der Waals surface area contributed by atoms with Gasteiger partial charge < -0.3 is 15.0 Å². The lowest BCUT2D eigenvalue weighted by molar-refractivity contribution is 0.103. The average molecular weight is 430 g/mol. The summed E-state index contributed by atoms with van der Waals surface area (Å²) in [5.74, 6) is -0.374. The molecule has 0 bridgehead atoms. The fourth-order valence-electron chi connectivity index (χ4n) is 4.23. The van der Waals surface area contributed by atoms with E-state index in [0.29, 0.717) is 16.8 Å². The normalized spacial score (nSPS) is 11.3. The number of hydrogen-bond acceptors (Lipinski definition) is 3. The van der Waals surface area contributed by atoms with E-state index in [2.05, 4.69) is 19.9 Å². The Balaban J connectivity index is 1.51. The van der Waals surface area contributed by atoms with Crippen LogP contribution in [0.2, 0.25) is 0 Å². The number of benzene rings is 3. The van der Waals surface area contributed by atoms with E-state index >= 15 is 0 Å². The van der Waals surface area contributed by atoms with E-state index < -0.39 is 0 Å². The highest BCUT2D eigenvalue weighted by Gasteiger charge is 2.26. The van der Waals surface area contributed by atoms with Crippen LogP contribution in [0.15, 0.2) is 91.3 Å². The van der Waals surface area contributed by atoms with Crippen LogP contribution in [0, 0.1) is 0 Å². The van der Waals surface area contributed by atoms with Crippen molar-refractivity contribution in [2.75, 3.05) is 0 Å². The molecular weight excluding hydrogens is 412 g/mol. The second kappa shape index (κ2) is 7.46. The van der Waals surface area contributed by atoms with Crippen molar-refractivity contribution in [3.8, 4) is 11.3 Å². The minimum atomic E-state index is -0.275. The largest absolute Gasteiger partial charge is 0.360 e. The number of nitrogens with one attached hydrogen (secondary N) is 3. The number of carbonyl (C=O) groups excluding carboxylic acids is 2. The first-order valence-electron chi connectivity index (χ1n) is 10.6. The first-order chi connectivity index (χ1) is 16.2. The van der Waals surface area contributed by atoms with Gasteiger partial charge in [-0.05, 0) is 12.1 Å². The maximum absolute atomic E-state index is 13.6. The lowest BCUT2D eigenvalue weighted by Gasteiger charge is -2.02. The second-order valence-corrected chi connectivity index (χ2v) is 7.83. The number of H-pyrrole nitrogens is 3. The highest BCUT2D eigenvalue weighted by atomic mass is 16.1. The maximum Gasteiger partial charge on any atom is 0.230 e. The molecule has 0 radical (unpaired) electrons. The molecule has 0 saturated heterocycles. The van der Waals surface area contributed by atoms with Crippen LogP contribution in [0.1, 0.15) is 32.2 Å². The molecule has 0 aliphatic heterocycles. The van der Waals surface area contributed by atoms with E-state index in [1.165, 1.54) is 0 Å². The molecule has 0 aliphatic carbocycles. The molecule has 3 heterocycles. The highest BCUT2D eigenvalue weighted by molar-refractivity contribution is 6.19. The van der Waals surface area contributed by atoms with Crippen LogP contribution in [0.3, 0.4) is 0 Å². The van der Waals surface area contributed by atoms with Crippen molar-refractivity contribution >= 4 is 33.4 Å². The fraction of sp³-hybridized carbons (Fsp3) is 0. The molecule has 158 valence electrons. The Hall–Kier alpha value is -4.71. The maximum atomic E-state index is 13.6. The summed E-state index contributed by atoms with van der Waals surface area (Å²) in [6, 6.07) is 24.6. The minimum Gasteiger partial charge on any atom is -0.360 e. The average Bonchev–Trinajstić information content (AvgIpc) is 3.60. The van der Waals surface area contributed by atoms with E-state index in [0.717, 1.165) is 27.4 Å². The molecular formula is C27H18N4O2. The standard InChI is InChI=1S/C27H18N4O2/c32-25(19-14-28-21-12-6-4-10-17(19)21)24-23(16-8-2-1-3-9-16)30-27(31-24)26(33)20-15-29-22-13-7-5-11-18(20)22/h1-15,28-29H,(H,30,31). The van der Waals surface area contributed by atoms with Gasteiger partial charge in [-0.1, -0.05) is 66.7 Å². The topological polar surface area (TPSA) is 94.4 Å². The van der Waals surface area contributed by atoms with Crippen molar-refractivity contribution in [2.45, 2.75) is 0 Å². The summed E-state index contributed by atoms with van der Waals surface area (Å²) in [6.45, 7) is 0. The Bertz CT molecular complexity index is 1650. The van der Waals surface area contributed by atoms with Crippen LogP contribution < -0.4 is 0 Å². The number of aromatic amines is 3. The third kappa shape index (κ3) is 3.08. The summed E-state index contributed by atoms with van der Waals surface area (Å²) in [7, 11) is 0. The third-order valence-electron chi connectivity index (χ3n) is 5.86. The van der Waals surface area contributed by atoms with E-state index in [1.54, 1.807) is 12.4 Å². The number of carbonyl (C=O) groups is 2. The van der Waals surface area contributed by atoms with Gasteiger partial charge in [0, 0.05) is 45.3 Å². The quantitative estimate of drug-likeness (QED) is 0.315. The van der Waals surface area contributed by atoms with Crippen LogP contribution in [-0.2, 0) is 0 Å². The van der Waals surface area contributed by atoms with Gasteiger partial charge in [-0.15, -0.1) is 0 Å². The van der Waals surface area contributed by atoms with Crippen molar-refractivity contribution in [3.63, 3.8) is 0 Å². The number of hydrogen-bond donors (Lipinski definition) is 3. The SMILES string of the molecule is O=C(c1nc(-c2ccccc2)c(C(=O)c2c[nH]c3ccccc23)[nH]1)c1c[nH]c2ccccc12. The number of imidazole rings is 1. The Morgan fingerprint density at radius 3 is 1.82 bits per heavy atom. The van der Waals surface area contributed by atoms with Gasteiger partial charge in [0.05, 0.1) is 5.56 Å². The summed E-state index contributed by atoms with van der Waals surface area (Å²) in [5.41, 5.74) is 4.27. The van der Waals surface area contributed by atoms with Crippen LogP contribution >= 0.6 is 0 Å². The number of fused-ring (bicyclic) bond motifs is 2. The first-order valence-corrected chi connectivity index (χ1v) is 10.6. The molecule has 6 aromatic rings. The van der Waals surface area contributed by atoms with Gasteiger partial charge in [-0.2, -0.15) is 0 Å². The summed E-state index contributed by atoms with van der Waals surface area (Å²) in [4.78, 5) is 41.0. The van der Waals surface area contributed by atoms with Crippen molar-refractivity contribution in [1.82, 2.24) is 19.9 Å². The summed E-state index contributed by atoms with van der Waals surface area (Å²) >= 11 is 0. The minimum absolute atomic E-state index is 0.127. The second-order valence-electron chi connectivity index (χ2n) is 7.83. The Morgan fingerprint density at radius 2 is 1.18 bits per heavy atom. The smallest absolute Gasteiger partial charge is 0.230 e. The lowest BCUT2D eigenvalue weighted by Crippen LogP contribution is -2.05. The molecule has 3 N–H and O–H groups in total. The van der Waals surface area contributed by atoms with Crippen LogP contribution in [0.4, 0.5) is 0 Å². The molecule has 0 aliphatic rings. The Morgan fingerprint density at radius 1 is 0.636 bits per heavy atom. The van der Waals surface area contributed by atoms with E-state index in [1.807, 2.05) is 78.9 Å². The Kier molecular flexibility index (Phi) is 4.30. The first kappa shape index (κ1) is 19.0. The third-order valence-corrected chi connectivity index (χ3v) is 5.86. The number of ketones is 2. The molecule has 33 heavy (non-hydrogen) atoms. The van der Waals surface area contributed by atoms with Crippen LogP contribution in [0.25, 0.3) is 33.1 Å². The lowest BCUT2D eigenvalue weighted by atomic mass is 10.0. The predicted octanol–water partition coefficient (Wildman–Crippen LogP) is 5.50. The van der Waals surface area contributed by atoms with Gasteiger partial charge in [0.25, 0.3) is 0 Å². The molecule has 0 unspecified atom stereocenters. The monoisotopic (exact) mass is 430 g/mol. The van der Waals surface area contributed by atoms with Gasteiger partial charge in [-0.25, -0.2) is 4.98 Å². The van der Waals surface area contributed by atoms with Gasteiger partial charge >= 0.3 is 0 Å². The van der Waals surface area contributed by atoms with E-state index in [4.69, 9.17) is 0 Å². The van der Waals surface area contributed by atoms with Crippen molar-refractivity contribution < 1.29 is 9.59 Å². The molecule has 0 saturated carbocycles. The number of para-hydroxylation sites is 2. The summed E-state index contributed by atoms with van der Waals surface area (Å²) in [5, 5.41) is 1.63. The zero-order valence-electron chi connectivity index (χ0n) is 17.4. The predicted molar refractivity (Wildman–Crippen MR) is 127 cm³/mol. The fourth-order valence-corrected chi connectivity index (χ4v) is 4.23. The van der Waals surface area contributed by atoms with Crippen molar-refractivity contribution in [3.05, 3.63) is 114 Å². The molecule has 6 nitrogen and oxygen atoms in total. The van der Waals surface area contributed by atoms with Gasteiger partial charge in [-0.3, -0.25) is 9.59 Å². The molecule has 3 aromatic carbocycles. The van der Waals surface area contributed by atoms with Crippen LogP contribution in [-0.4, -0.2) is 31.5 Å². The molecule has 0 amide bonds. The van der Waals surface area contributed by atoms with E-state index in [9.17, 15) is 9.59 Å². The Labute approximate surface area is 188 Å². The molecule has 0 fully saturated rings. The zero-order chi connectivity index (χ0) is 22.4. The van der Waals surface area contributed by atoms with E-state index in [-0.39, 0.29) is 23.1 Å². The van der Waals surface area contributed by atoms with Gasteiger partial charge in [0.15, 0.2) is 5.82 Å².